The van der Waals surface area contributed by atoms with E-state index in [4.69, 9.17) is 4.98 Å². The summed E-state index contributed by atoms with van der Waals surface area (Å²) in [5, 5.41) is 0. The Labute approximate surface area is 165 Å². The van der Waals surface area contributed by atoms with Crippen LogP contribution in [0, 0.1) is 5.82 Å². The molecule has 0 bridgehead atoms. The minimum atomic E-state index is -0.206. The Morgan fingerprint density at radius 3 is 2.61 bits per heavy atom. The van der Waals surface area contributed by atoms with Gasteiger partial charge in [0.2, 0.25) is 0 Å². The second-order valence-electron chi connectivity index (χ2n) is 7.86. The molecule has 0 unspecified atom stereocenters. The fourth-order valence-corrected chi connectivity index (χ4v) is 3.94. The predicted octanol–water partition coefficient (Wildman–Crippen LogP) is 4.76. The summed E-state index contributed by atoms with van der Waals surface area (Å²) >= 11 is 0. The number of rotatable bonds is 5. The van der Waals surface area contributed by atoms with E-state index in [1.807, 2.05) is 30.5 Å². The Bertz CT molecular complexity index is 962. The van der Waals surface area contributed by atoms with Crippen LogP contribution in [0.5, 0.6) is 0 Å². The molecule has 1 aromatic carbocycles. The quantitative estimate of drug-likeness (QED) is 0.600. The number of allylic oxidation sites excluding steroid dienone is 1. The normalized spacial score (nSPS) is 15.8. The predicted molar refractivity (Wildman–Crippen MR) is 111 cm³/mol. The topological polar surface area (TPSA) is 34.0 Å². The number of halogens is 1. The van der Waals surface area contributed by atoms with E-state index in [0.29, 0.717) is 12.5 Å². The number of likely N-dealkylation sites (tertiary alicyclic amines) is 1. The number of hydrogen-bond donors (Lipinski definition) is 0. The van der Waals surface area contributed by atoms with Crippen LogP contribution in [-0.4, -0.2) is 39.1 Å². The monoisotopic (exact) mass is 378 g/mol. The summed E-state index contributed by atoms with van der Waals surface area (Å²) in [6, 6.07) is 11.1. The van der Waals surface area contributed by atoms with Gasteiger partial charge in [-0.1, -0.05) is 23.8 Å². The summed E-state index contributed by atoms with van der Waals surface area (Å²) in [6.07, 6.45) is 7.01. The minimum Gasteiger partial charge on any atom is -0.309 e. The van der Waals surface area contributed by atoms with Crippen molar-refractivity contribution in [1.82, 2.24) is 19.4 Å². The van der Waals surface area contributed by atoms with Gasteiger partial charge < -0.3 is 4.57 Å². The maximum Gasteiger partial charge on any atom is 0.160 e. The maximum atomic E-state index is 13.3. The number of hydrogen-bond acceptors (Lipinski definition) is 3. The number of benzene rings is 1. The van der Waals surface area contributed by atoms with Crippen molar-refractivity contribution in [3.05, 3.63) is 71.4 Å². The molecule has 1 aliphatic heterocycles. The summed E-state index contributed by atoms with van der Waals surface area (Å²) in [5.74, 6) is 0.811. The van der Waals surface area contributed by atoms with Gasteiger partial charge in [0.25, 0.3) is 0 Å². The van der Waals surface area contributed by atoms with Crippen LogP contribution < -0.4 is 0 Å². The standard InChI is InChI=1S/C23H27FN4/c1-17(2)9-13-27-14-10-20(11-15-27)28-22(16-18-5-7-19(24)8-6-18)26-21-4-3-12-25-23(21)28/h3-9,12,20H,10-11,13-16H2,1-2H3. The highest BCUT2D eigenvalue weighted by Crippen LogP contribution is 2.29. The fraction of sp³-hybridized carbons (Fsp3) is 0.391. The molecule has 4 rings (SSSR count). The molecule has 5 heteroatoms. The lowest BCUT2D eigenvalue weighted by Gasteiger charge is -2.32. The van der Waals surface area contributed by atoms with Gasteiger partial charge in [0.05, 0.1) is 0 Å². The zero-order valence-corrected chi connectivity index (χ0v) is 16.6. The van der Waals surface area contributed by atoms with Gasteiger partial charge >= 0.3 is 0 Å². The number of nitrogens with zero attached hydrogens (tertiary/aromatic N) is 4. The molecule has 3 aromatic rings. The lowest BCUT2D eigenvalue weighted by atomic mass is 10.0. The van der Waals surface area contributed by atoms with Crippen LogP contribution in [0.15, 0.2) is 54.2 Å². The number of pyridine rings is 1. The molecule has 0 amide bonds. The Morgan fingerprint density at radius 2 is 1.89 bits per heavy atom. The highest BCUT2D eigenvalue weighted by molar-refractivity contribution is 5.71. The first-order valence-electron chi connectivity index (χ1n) is 10.0. The Balaban J connectivity index is 1.59. The number of imidazole rings is 1. The maximum absolute atomic E-state index is 13.3. The van der Waals surface area contributed by atoms with E-state index in [1.54, 1.807) is 0 Å². The van der Waals surface area contributed by atoms with Gasteiger partial charge in [-0.25, -0.2) is 14.4 Å². The van der Waals surface area contributed by atoms with Crippen LogP contribution in [0.4, 0.5) is 4.39 Å². The van der Waals surface area contributed by atoms with Gasteiger partial charge in [0.1, 0.15) is 17.2 Å². The largest absolute Gasteiger partial charge is 0.309 e. The SMILES string of the molecule is CC(C)=CCN1CCC(n2c(Cc3ccc(F)cc3)nc3cccnc32)CC1. The van der Waals surface area contributed by atoms with E-state index in [1.165, 1.54) is 17.7 Å². The molecule has 0 aliphatic carbocycles. The zero-order chi connectivity index (χ0) is 19.5. The zero-order valence-electron chi connectivity index (χ0n) is 16.6. The van der Waals surface area contributed by atoms with E-state index in [9.17, 15) is 4.39 Å². The van der Waals surface area contributed by atoms with Crippen LogP contribution in [0.3, 0.4) is 0 Å². The second kappa shape index (κ2) is 8.23. The van der Waals surface area contributed by atoms with Crippen molar-refractivity contribution in [2.45, 2.75) is 39.2 Å². The molecule has 0 atom stereocenters. The second-order valence-corrected chi connectivity index (χ2v) is 7.86. The van der Waals surface area contributed by atoms with E-state index < -0.39 is 0 Å². The molecule has 0 N–H and O–H groups in total. The van der Waals surface area contributed by atoms with Crippen molar-refractivity contribution in [1.29, 1.82) is 0 Å². The van der Waals surface area contributed by atoms with Crippen molar-refractivity contribution in [3.8, 4) is 0 Å². The summed E-state index contributed by atoms with van der Waals surface area (Å²) in [6.45, 7) is 7.49. The lowest BCUT2D eigenvalue weighted by Crippen LogP contribution is -2.35. The summed E-state index contributed by atoms with van der Waals surface area (Å²) in [5.41, 5.74) is 4.33. The third-order valence-electron chi connectivity index (χ3n) is 5.48. The lowest BCUT2D eigenvalue weighted by molar-refractivity contribution is 0.203. The third-order valence-corrected chi connectivity index (χ3v) is 5.48. The van der Waals surface area contributed by atoms with E-state index in [-0.39, 0.29) is 5.82 Å². The first-order chi connectivity index (χ1) is 13.6. The van der Waals surface area contributed by atoms with Crippen LogP contribution in [-0.2, 0) is 6.42 Å². The molecule has 1 fully saturated rings. The number of aromatic nitrogens is 3. The van der Waals surface area contributed by atoms with Gasteiger partial charge in [0, 0.05) is 38.3 Å². The van der Waals surface area contributed by atoms with Crippen LogP contribution in [0.1, 0.15) is 44.1 Å². The number of fused-ring (bicyclic) bond motifs is 1. The average Bonchev–Trinajstić information content (AvgIpc) is 3.06. The van der Waals surface area contributed by atoms with Crippen molar-refractivity contribution in [2.75, 3.05) is 19.6 Å². The highest BCUT2D eigenvalue weighted by atomic mass is 19.1. The van der Waals surface area contributed by atoms with Crippen molar-refractivity contribution < 1.29 is 4.39 Å². The molecule has 1 saturated heterocycles. The Morgan fingerprint density at radius 1 is 1.14 bits per heavy atom. The summed E-state index contributed by atoms with van der Waals surface area (Å²) in [7, 11) is 0. The minimum absolute atomic E-state index is 0.206. The Kier molecular flexibility index (Phi) is 5.53. The van der Waals surface area contributed by atoms with Gasteiger partial charge in [-0.05, 0) is 56.5 Å². The van der Waals surface area contributed by atoms with Gasteiger partial charge in [-0.2, -0.15) is 0 Å². The summed E-state index contributed by atoms with van der Waals surface area (Å²) < 4.78 is 15.6. The van der Waals surface area contributed by atoms with E-state index >= 15 is 0 Å². The van der Waals surface area contributed by atoms with Crippen LogP contribution in [0.25, 0.3) is 11.2 Å². The molecule has 3 heterocycles. The third kappa shape index (κ3) is 4.14. The van der Waals surface area contributed by atoms with Gasteiger partial charge in [0.15, 0.2) is 5.65 Å². The molecular weight excluding hydrogens is 351 g/mol. The first kappa shape index (κ1) is 18.8. The number of piperidine rings is 1. The van der Waals surface area contributed by atoms with E-state index in [0.717, 1.165) is 55.0 Å². The molecule has 146 valence electrons. The first-order valence-corrected chi connectivity index (χ1v) is 10.0. The molecule has 28 heavy (non-hydrogen) atoms. The van der Waals surface area contributed by atoms with Crippen LogP contribution in [0.2, 0.25) is 0 Å². The van der Waals surface area contributed by atoms with E-state index in [2.05, 4.69) is 34.4 Å². The molecule has 0 radical (unpaired) electrons. The van der Waals surface area contributed by atoms with Crippen molar-refractivity contribution >= 4 is 11.2 Å². The summed E-state index contributed by atoms with van der Waals surface area (Å²) in [4.78, 5) is 12.0. The van der Waals surface area contributed by atoms with Crippen LogP contribution >= 0.6 is 0 Å². The molecular formula is C23H27FN4. The Hall–Kier alpha value is -2.53. The fourth-order valence-electron chi connectivity index (χ4n) is 3.94. The smallest absolute Gasteiger partial charge is 0.160 e. The molecule has 0 saturated carbocycles. The van der Waals surface area contributed by atoms with Crippen molar-refractivity contribution in [3.63, 3.8) is 0 Å². The van der Waals surface area contributed by atoms with Gasteiger partial charge in [-0.3, -0.25) is 4.90 Å². The van der Waals surface area contributed by atoms with Crippen molar-refractivity contribution in [2.24, 2.45) is 0 Å². The van der Waals surface area contributed by atoms with Gasteiger partial charge in [-0.15, -0.1) is 0 Å². The molecule has 0 spiro atoms. The highest BCUT2D eigenvalue weighted by Gasteiger charge is 2.24. The molecule has 1 aliphatic rings. The molecule has 4 nitrogen and oxygen atoms in total. The average molecular weight is 378 g/mol. The molecule has 2 aromatic heterocycles.